The van der Waals surface area contributed by atoms with Crippen LogP contribution < -0.4 is 4.74 Å². The van der Waals surface area contributed by atoms with Crippen LogP contribution in [0.3, 0.4) is 0 Å². The quantitative estimate of drug-likeness (QED) is 0.708. The first-order chi connectivity index (χ1) is 12.2. The molecule has 1 aliphatic rings. The lowest BCUT2D eigenvalue weighted by Gasteiger charge is -2.24. The predicted octanol–water partition coefficient (Wildman–Crippen LogP) is 5.33. The summed E-state index contributed by atoms with van der Waals surface area (Å²) in [5.74, 6) is 0.948. The molecule has 1 aliphatic carbocycles. The molecule has 0 heterocycles. The van der Waals surface area contributed by atoms with Crippen LogP contribution in [0.2, 0.25) is 0 Å². The lowest BCUT2D eigenvalue weighted by molar-refractivity contribution is 0.402. The maximum absolute atomic E-state index is 5.40. The Bertz CT molecular complexity index is 745. The number of hydrogen-bond donors (Lipinski definition) is 0. The summed E-state index contributed by atoms with van der Waals surface area (Å²) in [5.41, 5.74) is 7.41. The Balaban J connectivity index is 1.96. The third kappa shape index (κ3) is 4.52. The van der Waals surface area contributed by atoms with Crippen molar-refractivity contribution in [3.05, 3.63) is 70.8 Å². The second kappa shape index (κ2) is 8.35. The highest BCUT2D eigenvalue weighted by Gasteiger charge is 2.17. The van der Waals surface area contributed by atoms with Gasteiger partial charge in [0.1, 0.15) is 5.75 Å². The van der Waals surface area contributed by atoms with Crippen LogP contribution in [0.25, 0.3) is 5.57 Å². The summed E-state index contributed by atoms with van der Waals surface area (Å²) in [5, 5.41) is 0. The zero-order valence-electron chi connectivity index (χ0n) is 15.7. The molecule has 0 saturated carbocycles. The minimum Gasteiger partial charge on any atom is -0.497 e. The van der Waals surface area contributed by atoms with Gasteiger partial charge >= 0.3 is 0 Å². The minimum atomic E-state index is 0.948. The molecule has 2 nitrogen and oxygen atoms in total. The largest absolute Gasteiger partial charge is 0.497 e. The third-order valence-electron chi connectivity index (χ3n) is 4.96. The molecule has 0 saturated heterocycles. The Hall–Kier alpha value is -2.06. The average molecular weight is 335 g/mol. The molecule has 0 amide bonds. The molecule has 3 rings (SSSR count). The van der Waals surface area contributed by atoms with Crippen molar-refractivity contribution in [2.75, 3.05) is 21.2 Å². The molecule has 0 aliphatic heterocycles. The maximum Gasteiger partial charge on any atom is 0.119 e. The molecule has 0 radical (unpaired) electrons. The molecule has 2 aromatic carbocycles. The van der Waals surface area contributed by atoms with Crippen molar-refractivity contribution >= 4 is 5.57 Å². The highest BCUT2D eigenvalue weighted by molar-refractivity contribution is 5.72. The van der Waals surface area contributed by atoms with E-state index in [2.05, 4.69) is 61.5 Å². The average Bonchev–Trinajstić information content (AvgIpc) is 2.62. The third-order valence-corrected chi connectivity index (χ3v) is 4.96. The number of hydrogen-bond acceptors (Lipinski definition) is 2. The number of benzene rings is 2. The van der Waals surface area contributed by atoms with Crippen molar-refractivity contribution in [3.63, 3.8) is 0 Å². The molecule has 0 bridgehead atoms. The van der Waals surface area contributed by atoms with E-state index in [-0.39, 0.29) is 0 Å². The fourth-order valence-corrected chi connectivity index (χ4v) is 3.81. The Kier molecular flexibility index (Phi) is 5.93. The molecule has 0 spiro atoms. The molecule has 0 N–H and O–H groups in total. The molecule has 2 heteroatoms. The Morgan fingerprint density at radius 1 is 0.960 bits per heavy atom. The molecule has 2 aromatic rings. The highest BCUT2D eigenvalue weighted by atomic mass is 16.5. The maximum atomic E-state index is 5.40. The van der Waals surface area contributed by atoms with Crippen molar-refractivity contribution in [3.8, 4) is 5.75 Å². The first kappa shape index (κ1) is 17.8. The molecular formula is C23H29NO. The van der Waals surface area contributed by atoms with Crippen molar-refractivity contribution in [1.82, 2.24) is 4.90 Å². The van der Waals surface area contributed by atoms with Gasteiger partial charge in [-0.3, -0.25) is 0 Å². The Morgan fingerprint density at radius 2 is 1.76 bits per heavy atom. The van der Waals surface area contributed by atoms with Gasteiger partial charge in [-0.2, -0.15) is 0 Å². The molecular weight excluding hydrogens is 306 g/mol. The van der Waals surface area contributed by atoms with Crippen LogP contribution in [-0.4, -0.2) is 26.1 Å². The number of nitrogens with zero attached hydrogens (tertiary/aromatic N) is 1. The fraction of sp³-hybridized carbons (Fsp3) is 0.391. The standard InChI is InChI=1S/C23H29NO/c1-24(2)17-20-11-5-7-14-23(20)22-13-6-4-10-19(22)15-18-9-8-12-21(16-18)25-3/h5,7-9,11-12,14,16H,4,6,10,13,15,17H2,1-3H3. The van der Waals surface area contributed by atoms with Crippen LogP contribution in [0.4, 0.5) is 0 Å². The van der Waals surface area contributed by atoms with Crippen LogP contribution in [-0.2, 0) is 13.0 Å². The molecule has 0 fully saturated rings. The minimum absolute atomic E-state index is 0.948. The first-order valence-electron chi connectivity index (χ1n) is 9.24. The lowest BCUT2D eigenvalue weighted by Crippen LogP contribution is -2.13. The van der Waals surface area contributed by atoms with E-state index >= 15 is 0 Å². The summed E-state index contributed by atoms with van der Waals surface area (Å²) in [6.45, 7) is 0.992. The van der Waals surface area contributed by atoms with Gasteiger partial charge in [-0.25, -0.2) is 0 Å². The summed E-state index contributed by atoms with van der Waals surface area (Å²) in [6, 6.07) is 17.4. The molecule has 0 aromatic heterocycles. The number of allylic oxidation sites excluding steroid dienone is 2. The van der Waals surface area contributed by atoms with E-state index in [0.29, 0.717) is 0 Å². The van der Waals surface area contributed by atoms with Gasteiger partial charge in [-0.05, 0) is 80.6 Å². The van der Waals surface area contributed by atoms with E-state index in [1.165, 1.54) is 42.4 Å². The summed E-state index contributed by atoms with van der Waals surface area (Å²) >= 11 is 0. The van der Waals surface area contributed by atoms with Gasteiger partial charge in [0.15, 0.2) is 0 Å². The van der Waals surface area contributed by atoms with Gasteiger partial charge in [-0.1, -0.05) is 42.0 Å². The Labute approximate surface area is 152 Å². The SMILES string of the molecule is COc1cccc(CC2=C(c3ccccc3CN(C)C)CCCC2)c1. The van der Waals surface area contributed by atoms with Crippen LogP contribution in [0.15, 0.2) is 54.1 Å². The fourth-order valence-electron chi connectivity index (χ4n) is 3.81. The van der Waals surface area contributed by atoms with Crippen LogP contribution in [0.5, 0.6) is 5.75 Å². The highest BCUT2D eigenvalue weighted by Crippen LogP contribution is 2.36. The van der Waals surface area contributed by atoms with E-state index in [4.69, 9.17) is 4.74 Å². The van der Waals surface area contributed by atoms with Crippen LogP contribution in [0.1, 0.15) is 42.4 Å². The van der Waals surface area contributed by atoms with E-state index in [1.54, 1.807) is 18.3 Å². The zero-order chi connectivity index (χ0) is 17.6. The number of rotatable bonds is 6. The molecule has 25 heavy (non-hydrogen) atoms. The monoisotopic (exact) mass is 335 g/mol. The molecule has 0 atom stereocenters. The predicted molar refractivity (Wildman–Crippen MR) is 106 cm³/mol. The summed E-state index contributed by atoms with van der Waals surface area (Å²) in [4.78, 5) is 2.25. The van der Waals surface area contributed by atoms with Gasteiger partial charge < -0.3 is 9.64 Å². The van der Waals surface area contributed by atoms with Crippen molar-refractivity contribution in [1.29, 1.82) is 0 Å². The molecule has 0 unspecified atom stereocenters. The number of methoxy groups -OCH3 is 1. The second-order valence-corrected chi connectivity index (χ2v) is 7.21. The van der Waals surface area contributed by atoms with Gasteiger partial charge in [0.05, 0.1) is 7.11 Å². The second-order valence-electron chi connectivity index (χ2n) is 7.21. The van der Waals surface area contributed by atoms with E-state index < -0.39 is 0 Å². The van der Waals surface area contributed by atoms with Gasteiger partial charge in [-0.15, -0.1) is 0 Å². The van der Waals surface area contributed by atoms with E-state index in [1.807, 2.05) is 6.07 Å². The summed E-state index contributed by atoms with van der Waals surface area (Å²) < 4.78 is 5.40. The van der Waals surface area contributed by atoms with Crippen molar-refractivity contribution < 1.29 is 4.74 Å². The Morgan fingerprint density at radius 3 is 2.56 bits per heavy atom. The molecule has 132 valence electrons. The lowest BCUT2D eigenvalue weighted by atomic mass is 9.83. The summed E-state index contributed by atoms with van der Waals surface area (Å²) in [7, 11) is 6.02. The smallest absolute Gasteiger partial charge is 0.119 e. The van der Waals surface area contributed by atoms with Gasteiger partial charge in [0.25, 0.3) is 0 Å². The number of ether oxygens (including phenoxy) is 1. The van der Waals surface area contributed by atoms with E-state index in [0.717, 1.165) is 18.7 Å². The van der Waals surface area contributed by atoms with Gasteiger partial charge in [0, 0.05) is 6.54 Å². The van der Waals surface area contributed by atoms with Crippen molar-refractivity contribution in [2.24, 2.45) is 0 Å². The summed E-state index contributed by atoms with van der Waals surface area (Å²) in [6.07, 6.45) is 6.04. The van der Waals surface area contributed by atoms with Crippen LogP contribution in [0, 0.1) is 0 Å². The van der Waals surface area contributed by atoms with Crippen molar-refractivity contribution in [2.45, 2.75) is 38.6 Å². The topological polar surface area (TPSA) is 12.5 Å². The zero-order valence-corrected chi connectivity index (χ0v) is 15.7. The first-order valence-corrected chi connectivity index (χ1v) is 9.24. The van der Waals surface area contributed by atoms with Crippen LogP contribution >= 0.6 is 0 Å². The normalized spacial score (nSPS) is 14.9. The van der Waals surface area contributed by atoms with E-state index in [9.17, 15) is 0 Å². The van der Waals surface area contributed by atoms with Gasteiger partial charge in [0.2, 0.25) is 0 Å².